The van der Waals surface area contributed by atoms with Gasteiger partial charge in [0.25, 0.3) is 0 Å². The van der Waals surface area contributed by atoms with Crippen LogP contribution in [0.2, 0.25) is 5.02 Å². The molecule has 0 radical (unpaired) electrons. The molecule has 0 aliphatic rings. The molecule has 0 atom stereocenters. The number of halogens is 1. The first-order valence-corrected chi connectivity index (χ1v) is 9.21. The number of fused-ring (bicyclic) bond motifs is 1. The van der Waals surface area contributed by atoms with Gasteiger partial charge in [0.2, 0.25) is 5.91 Å². The zero-order chi connectivity index (χ0) is 17.9. The highest BCUT2D eigenvalue weighted by Crippen LogP contribution is 2.30. The molecule has 0 fully saturated rings. The van der Waals surface area contributed by atoms with Crippen molar-refractivity contribution < 1.29 is 4.79 Å². The molecular weight excluding hydrogens is 370 g/mol. The minimum absolute atomic E-state index is 0.117. The van der Waals surface area contributed by atoms with E-state index in [1.807, 2.05) is 58.4 Å². The second-order valence-electron chi connectivity index (χ2n) is 5.62. The van der Waals surface area contributed by atoms with Crippen molar-refractivity contribution in [2.75, 3.05) is 0 Å². The molecule has 26 heavy (non-hydrogen) atoms. The van der Waals surface area contributed by atoms with Crippen molar-refractivity contribution >= 4 is 34.5 Å². The van der Waals surface area contributed by atoms with Gasteiger partial charge in [-0.05, 0) is 18.2 Å². The van der Waals surface area contributed by atoms with Crippen LogP contribution in [0, 0.1) is 0 Å². The Bertz CT molecular complexity index is 1070. The number of pyridine rings is 1. The van der Waals surface area contributed by atoms with Crippen molar-refractivity contribution in [1.82, 2.24) is 24.9 Å². The number of thiazole rings is 1. The minimum Gasteiger partial charge on any atom is -0.348 e. The molecule has 3 heterocycles. The summed E-state index contributed by atoms with van der Waals surface area (Å²) in [7, 11) is 0. The number of amides is 1. The van der Waals surface area contributed by atoms with E-state index < -0.39 is 0 Å². The van der Waals surface area contributed by atoms with Gasteiger partial charge in [0, 0.05) is 17.1 Å². The van der Waals surface area contributed by atoms with Crippen molar-refractivity contribution in [3.8, 4) is 10.6 Å². The summed E-state index contributed by atoms with van der Waals surface area (Å²) in [4.78, 5) is 16.7. The lowest BCUT2D eigenvalue weighted by atomic mass is 10.2. The number of nitrogens with zero attached hydrogens (tertiary/aromatic N) is 4. The number of carbonyl (C=O) groups is 1. The van der Waals surface area contributed by atoms with E-state index in [0.29, 0.717) is 23.1 Å². The van der Waals surface area contributed by atoms with E-state index in [1.165, 1.54) is 11.3 Å². The van der Waals surface area contributed by atoms with Crippen LogP contribution in [0.25, 0.3) is 16.2 Å². The highest BCUT2D eigenvalue weighted by atomic mass is 35.5. The topological polar surface area (TPSA) is 72.2 Å². The summed E-state index contributed by atoms with van der Waals surface area (Å²) in [6.07, 6.45) is 2.07. The first-order chi connectivity index (χ1) is 12.7. The van der Waals surface area contributed by atoms with Gasteiger partial charge in [0.15, 0.2) is 11.5 Å². The Balaban J connectivity index is 1.40. The van der Waals surface area contributed by atoms with Crippen LogP contribution >= 0.6 is 22.9 Å². The van der Waals surface area contributed by atoms with Gasteiger partial charge in [-0.3, -0.25) is 9.20 Å². The van der Waals surface area contributed by atoms with Gasteiger partial charge in [0.05, 0.1) is 23.7 Å². The van der Waals surface area contributed by atoms with Gasteiger partial charge in [-0.15, -0.1) is 21.5 Å². The van der Waals surface area contributed by atoms with Gasteiger partial charge < -0.3 is 5.32 Å². The summed E-state index contributed by atoms with van der Waals surface area (Å²) >= 11 is 7.67. The number of hydrogen-bond donors (Lipinski definition) is 1. The fraction of sp³-hybridized carbons (Fsp3) is 0.111. The average molecular weight is 384 g/mol. The predicted octanol–water partition coefficient (Wildman–Crippen LogP) is 3.37. The molecule has 8 heteroatoms. The van der Waals surface area contributed by atoms with Crippen LogP contribution in [-0.2, 0) is 17.8 Å². The highest BCUT2D eigenvalue weighted by Gasteiger charge is 2.12. The smallest absolute Gasteiger partial charge is 0.226 e. The van der Waals surface area contributed by atoms with E-state index in [4.69, 9.17) is 11.6 Å². The van der Waals surface area contributed by atoms with Crippen LogP contribution in [0.1, 0.15) is 11.5 Å². The van der Waals surface area contributed by atoms with Crippen molar-refractivity contribution in [3.05, 3.63) is 70.6 Å². The molecule has 1 aromatic carbocycles. The number of rotatable bonds is 5. The number of nitrogens with one attached hydrogen (secondary N) is 1. The van der Waals surface area contributed by atoms with Crippen molar-refractivity contribution in [1.29, 1.82) is 0 Å². The number of aromatic nitrogens is 4. The van der Waals surface area contributed by atoms with Gasteiger partial charge >= 0.3 is 0 Å². The molecule has 6 nitrogen and oxygen atoms in total. The first kappa shape index (κ1) is 16.7. The monoisotopic (exact) mass is 383 g/mol. The Morgan fingerprint density at radius 2 is 2.00 bits per heavy atom. The van der Waals surface area contributed by atoms with Gasteiger partial charge in [0.1, 0.15) is 5.01 Å². The maximum Gasteiger partial charge on any atom is 0.226 e. The Morgan fingerprint density at radius 1 is 1.15 bits per heavy atom. The van der Waals surface area contributed by atoms with E-state index in [1.54, 1.807) is 0 Å². The van der Waals surface area contributed by atoms with Gasteiger partial charge in [-0.25, -0.2) is 4.98 Å². The van der Waals surface area contributed by atoms with E-state index in [-0.39, 0.29) is 12.3 Å². The molecule has 4 rings (SSSR count). The number of hydrogen-bond acceptors (Lipinski definition) is 5. The molecule has 0 saturated carbocycles. The molecule has 1 N–H and O–H groups in total. The molecule has 0 unspecified atom stereocenters. The quantitative estimate of drug-likeness (QED) is 0.573. The van der Waals surface area contributed by atoms with Crippen LogP contribution in [0.4, 0.5) is 0 Å². The van der Waals surface area contributed by atoms with Crippen molar-refractivity contribution in [3.63, 3.8) is 0 Å². The fourth-order valence-corrected chi connectivity index (χ4v) is 3.70. The van der Waals surface area contributed by atoms with Crippen LogP contribution in [-0.4, -0.2) is 25.5 Å². The maximum atomic E-state index is 12.2. The van der Waals surface area contributed by atoms with E-state index >= 15 is 0 Å². The second kappa shape index (κ2) is 7.23. The normalized spacial score (nSPS) is 11.0. The third-order valence-electron chi connectivity index (χ3n) is 3.83. The third kappa shape index (κ3) is 3.44. The highest BCUT2D eigenvalue weighted by molar-refractivity contribution is 7.13. The van der Waals surface area contributed by atoms with E-state index in [2.05, 4.69) is 20.5 Å². The molecule has 0 bridgehead atoms. The minimum atomic E-state index is -0.117. The lowest BCUT2D eigenvalue weighted by Crippen LogP contribution is -2.25. The molecule has 1 amide bonds. The third-order valence-corrected chi connectivity index (χ3v) is 5.08. The van der Waals surface area contributed by atoms with Crippen molar-refractivity contribution in [2.45, 2.75) is 13.0 Å². The zero-order valence-corrected chi connectivity index (χ0v) is 15.2. The van der Waals surface area contributed by atoms with Crippen LogP contribution in [0.3, 0.4) is 0 Å². The van der Waals surface area contributed by atoms with Crippen LogP contribution in [0.15, 0.2) is 54.0 Å². The molecule has 0 aliphatic heterocycles. The van der Waals surface area contributed by atoms with E-state index in [0.717, 1.165) is 16.2 Å². The fourth-order valence-electron chi connectivity index (χ4n) is 2.56. The SMILES string of the molecule is O=C(Cc1csc(-c2ccccc2Cl)n1)NCc1nnc2ccccn12. The number of carbonyl (C=O) groups excluding carboxylic acids is 1. The molecule has 0 spiro atoms. The Kier molecular flexibility index (Phi) is 4.64. The summed E-state index contributed by atoms with van der Waals surface area (Å²) in [5.41, 5.74) is 2.34. The molecule has 0 aliphatic carbocycles. The van der Waals surface area contributed by atoms with Crippen molar-refractivity contribution in [2.24, 2.45) is 0 Å². The lowest BCUT2D eigenvalue weighted by molar-refractivity contribution is -0.120. The summed E-state index contributed by atoms with van der Waals surface area (Å²) in [6.45, 7) is 0.311. The molecule has 3 aromatic heterocycles. The summed E-state index contributed by atoms with van der Waals surface area (Å²) < 4.78 is 1.85. The Hall–Kier alpha value is -2.77. The summed E-state index contributed by atoms with van der Waals surface area (Å²) in [6, 6.07) is 13.2. The first-order valence-electron chi connectivity index (χ1n) is 7.95. The van der Waals surface area contributed by atoms with E-state index in [9.17, 15) is 4.79 Å². The molecular formula is C18H14ClN5OS. The summed E-state index contributed by atoms with van der Waals surface area (Å²) in [5, 5.41) is 14.4. The Morgan fingerprint density at radius 3 is 2.88 bits per heavy atom. The molecule has 130 valence electrons. The van der Waals surface area contributed by atoms with Crippen LogP contribution < -0.4 is 5.32 Å². The predicted molar refractivity (Wildman–Crippen MR) is 101 cm³/mol. The average Bonchev–Trinajstić information content (AvgIpc) is 3.27. The second-order valence-corrected chi connectivity index (χ2v) is 6.89. The molecule has 0 saturated heterocycles. The van der Waals surface area contributed by atoms with Gasteiger partial charge in [-0.2, -0.15) is 0 Å². The van der Waals surface area contributed by atoms with Crippen LogP contribution in [0.5, 0.6) is 0 Å². The maximum absolute atomic E-state index is 12.2. The summed E-state index contributed by atoms with van der Waals surface area (Å²) in [5.74, 6) is 0.567. The largest absolute Gasteiger partial charge is 0.348 e. The standard InChI is InChI=1S/C18H14ClN5OS/c19-14-6-2-1-5-13(14)18-21-12(11-26-18)9-17(25)20-10-16-23-22-15-7-3-4-8-24(15)16/h1-8,11H,9-10H2,(H,20,25). The Labute approximate surface area is 158 Å². The lowest BCUT2D eigenvalue weighted by Gasteiger charge is -2.03. The number of benzene rings is 1. The van der Waals surface area contributed by atoms with Gasteiger partial charge in [-0.1, -0.05) is 35.9 Å². The molecule has 4 aromatic rings. The zero-order valence-electron chi connectivity index (χ0n) is 13.6.